The fraction of sp³-hybridized carbons (Fsp3) is 0.375. The zero-order chi connectivity index (χ0) is 15.2. The van der Waals surface area contributed by atoms with Crippen molar-refractivity contribution in [3.8, 4) is 0 Å². The molecule has 0 unspecified atom stereocenters. The zero-order valence-electron chi connectivity index (χ0n) is 12.7. The van der Waals surface area contributed by atoms with Crippen LogP contribution in [0.1, 0.15) is 35.5 Å². The Bertz CT molecular complexity index is 620. The molecule has 1 heterocycles. The molecule has 0 bridgehead atoms. The number of aromatic nitrogens is 2. The van der Waals surface area contributed by atoms with Crippen molar-refractivity contribution in [3.63, 3.8) is 0 Å². The van der Waals surface area contributed by atoms with Gasteiger partial charge in [0.25, 0.3) is 0 Å². The van der Waals surface area contributed by atoms with E-state index in [1.165, 1.54) is 5.56 Å². The van der Waals surface area contributed by atoms with Crippen LogP contribution < -0.4 is 5.32 Å². The van der Waals surface area contributed by atoms with Crippen LogP contribution in [0.2, 0.25) is 0 Å². The van der Waals surface area contributed by atoms with Crippen molar-refractivity contribution in [2.45, 2.75) is 26.8 Å². The lowest BCUT2D eigenvalue weighted by molar-refractivity contribution is 0.0525. The highest BCUT2D eigenvalue weighted by atomic mass is 16.5. The quantitative estimate of drug-likeness (QED) is 0.830. The Balaban J connectivity index is 2.16. The first-order valence-electron chi connectivity index (χ1n) is 7.17. The minimum Gasteiger partial charge on any atom is -0.462 e. The normalized spacial score (nSPS) is 10.4. The van der Waals surface area contributed by atoms with Gasteiger partial charge in [-0.05, 0) is 25.0 Å². The van der Waals surface area contributed by atoms with Gasteiger partial charge in [-0.1, -0.05) is 25.1 Å². The number of rotatable bonds is 6. The van der Waals surface area contributed by atoms with E-state index in [2.05, 4.69) is 23.4 Å². The second-order valence-corrected chi connectivity index (χ2v) is 4.71. The van der Waals surface area contributed by atoms with Gasteiger partial charge in [-0.25, -0.2) is 4.79 Å². The van der Waals surface area contributed by atoms with Crippen LogP contribution >= 0.6 is 0 Å². The number of hydrogen-bond donors (Lipinski definition) is 1. The monoisotopic (exact) mass is 287 g/mol. The third-order valence-corrected chi connectivity index (χ3v) is 3.40. The maximum absolute atomic E-state index is 11.9. The first kappa shape index (κ1) is 15.1. The van der Waals surface area contributed by atoms with E-state index in [4.69, 9.17) is 4.74 Å². The first-order valence-corrected chi connectivity index (χ1v) is 7.17. The summed E-state index contributed by atoms with van der Waals surface area (Å²) >= 11 is 0. The molecular formula is C16H21N3O2. The zero-order valence-corrected chi connectivity index (χ0v) is 12.7. The van der Waals surface area contributed by atoms with E-state index in [-0.39, 0.29) is 5.97 Å². The van der Waals surface area contributed by atoms with E-state index in [1.54, 1.807) is 17.8 Å². The van der Waals surface area contributed by atoms with E-state index in [0.29, 0.717) is 18.7 Å². The molecule has 0 atom stereocenters. The number of para-hydroxylation sites is 1. The van der Waals surface area contributed by atoms with Gasteiger partial charge in [-0.15, -0.1) is 0 Å². The molecule has 1 N–H and O–H groups in total. The van der Waals surface area contributed by atoms with Gasteiger partial charge in [0.1, 0.15) is 5.56 Å². The largest absolute Gasteiger partial charge is 0.462 e. The van der Waals surface area contributed by atoms with Gasteiger partial charge in [-0.2, -0.15) is 5.10 Å². The predicted octanol–water partition coefficient (Wildman–Crippen LogP) is 2.77. The Morgan fingerprint density at radius 2 is 2.10 bits per heavy atom. The average Bonchev–Trinajstić information content (AvgIpc) is 2.86. The molecule has 0 saturated heterocycles. The first-order chi connectivity index (χ1) is 10.2. The van der Waals surface area contributed by atoms with Crippen molar-refractivity contribution >= 4 is 11.7 Å². The van der Waals surface area contributed by atoms with Gasteiger partial charge < -0.3 is 10.1 Å². The summed E-state index contributed by atoms with van der Waals surface area (Å²) < 4.78 is 6.76. The van der Waals surface area contributed by atoms with Crippen molar-refractivity contribution in [2.75, 3.05) is 11.9 Å². The summed E-state index contributed by atoms with van der Waals surface area (Å²) in [6, 6.07) is 8.16. The second kappa shape index (κ2) is 6.92. The number of ether oxygens (including phenoxy) is 1. The van der Waals surface area contributed by atoms with Crippen molar-refractivity contribution in [1.82, 2.24) is 9.78 Å². The average molecular weight is 287 g/mol. The molecule has 112 valence electrons. The van der Waals surface area contributed by atoms with Crippen molar-refractivity contribution in [2.24, 2.45) is 7.05 Å². The molecule has 0 spiro atoms. The minimum atomic E-state index is -0.328. The molecule has 0 amide bonds. The Morgan fingerprint density at radius 3 is 2.81 bits per heavy atom. The van der Waals surface area contributed by atoms with Crippen molar-refractivity contribution in [3.05, 3.63) is 47.3 Å². The summed E-state index contributed by atoms with van der Waals surface area (Å²) in [5.74, 6) is -0.328. The molecule has 0 aliphatic heterocycles. The highest BCUT2D eigenvalue weighted by Crippen LogP contribution is 2.18. The highest BCUT2D eigenvalue weighted by Gasteiger charge is 2.17. The number of anilines is 1. The summed E-state index contributed by atoms with van der Waals surface area (Å²) in [5.41, 5.74) is 3.66. The Morgan fingerprint density at radius 1 is 1.33 bits per heavy atom. The van der Waals surface area contributed by atoms with E-state index >= 15 is 0 Å². The van der Waals surface area contributed by atoms with Gasteiger partial charge in [0, 0.05) is 12.7 Å². The number of nitrogens with zero attached hydrogens (tertiary/aromatic N) is 2. The summed E-state index contributed by atoms with van der Waals surface area (Å²) in [6.07, 6.45) is 2.51. The van der Waals surface area contributed by atoms with Crippen LogP contribution in [0.25, 0.3) is 0 Å². The number of nitrogens with one attached hydrogen (secondary N) is 1. The molecule has 0 radical (unpaired) electrons. The number of benzene rings is 1. The van der Waals surface area contributed by atoms with Gasteiger partial charge in [0.15, 0.2) is 0 Å². The minimum absolute atomic E-state index is 0.328. The van der Waals surface area contributed by atoms with Crippen LogP contribution in [0.4, 0.5) is 5.69 Å². The van der Waals surface area contributed by atoms with Crippen molar-refractivity contribution in [1.29, 1.82) is 0 Å². The number of hydrogen-bond acceptors (Lipinski definition) is 4. The maximum atomic E-state index is 11.9. The van der Waals surface area contributed by atoms with Crippen LogP contribution in [0.3, 0.4) is 0 Å². The van der Waals surface area contributed by atoms with Crippen LogP contribution in [-0.4, -0.2) is 22.4 Å². The van der Waals surface area contributed by atoms with Gasteiger partial charge in [0.05, 0.1) is 25.0 Å². The molecule has 5 nitrogen and oxygen atoms in total. The SMILES string of the molecule is CCOC(=O)c1cnn(C)c1CNc1ccccc1CC. The second-order valence-electron chi connectivity index (χ2n) is 4.71. The Hall–Kier alpha value is -2.30. The number of carbonyl (C=O) groups is 1. The number of esters is 1. The number of carbonyl (C=O) groups excluding carboxylic acids is 1. The maximum Gasteiger partial charge on any atom is 0.341 e. The topological polar surface area (TPSA) is 56.1 Å². The van der Waals surface area contributed by atoms with Gasteiger partial charge in [0.2, 0.25) is 0 Å². The molecular weight excluding hydrogens is 266 g/mol. The molecule has 0 saturated carbocycles. The van der Waals surface area contributed by atoms with E-state index in [0.717, 1.165) is 17.8 Å². The number of aryl methyl sites for hydroxylation is 2. The lowest BCUT2D eigenvalue weighted by Gasteiger charge is -2.12. The smallest absolute Gasteiger partial charge is 0.341 e. The van der Waals surface area contributed by atoms with E-state index in [1.807, 2.05) is 25.2 Å². The lowest BCUT2D eigenvalue weighted by atomic mass is 10.1. The van der Waals surface area contributed by atoms with Crippen LogP contribution in [-0.2, 0) is 24.8 Å². The molecule has 0 aliphatic rings. The molecule has 1 aromatic carbocycles. The highest BCUT2D eigenvalue weighted by molar-refractivity contribution is 5.90. The summed E-state index contributed by atoms with van der Waals surface area (Å²) in [6.45, 7) is 4.80. The molecule has 5 heteroatoms. The Labute approximate surface area is 124 Å². The fourth-order valence-corrected chi connectivity index (χ4v) is 2.23. The third-order valence-electron chi connectivity index (χ3n) is 3.40. The summed E-state index contributed by atoms with van der Waals surface area (Å²) in [5, 5.41) is 7.53. The van der Waals surface area contributed by atoms with Gasteiger partial charge >= 0.3 is 5.97 Å². The Kier molecular flexibility index (Phi) is 4.98. The molecule has 0 fully saturated rings. The summed E-state index contributed by atoms with van der Waals surface area (Å²) in [4.78, 5) is 11.9. The van der Waals surface area contributed by atoms with E-state index in [9.17, 15) is 4.79 Å². The van der Waals surface area contributed by atoms with E-state index < -0.39 is 0 Å². The van der Waals surface area contributed by atoms with Crippen LogP contribution in [0.15, 0.2) is 30.5 Å². The molecule has 0 aliphatic carbocycles. The molecule has 1 aromatic heterocycles. The molecule has 2 aromatic rings. The lowest BCUT2D eigenvalue weighted by Crippen LogP contribution is -2.13. The van der Waals surface area contributed by atoms with Crippen molar-refractivity contribution < 1.29 is 9.53 Å². The van der Waals surface area contributed by atoms with Crippen LogP contribution in [0, 0.1) is 0 Å². The molecule has 2 rings (SSSR count). The fourth-order valence-electron chi connectivity index (χ4n) is 2.23. The standard InChI is InChI=1S/C16H21N3O2/c1-4-12-8-6-7-9-14(12)17-11-15-13(10-18-19(15)3)16(20)21-5-2/h6-10,17H,4-5,11H2,1-3H3. The molecule has 21 heavy (non-hydrogen) atoms. The van der Waals surface area contributed by atoms with Gasteiger partial charge in [-0.3, -0.25) is 4.68 Å². The summed E-state index contributed by atoms with van der Waals surface area (Å²) in [7, 11) is 1.82. The predicted molar refractivity (Wildman–Crippen MR) is 82.3 cm³/mol. The van der Waals surface area contributed by atoms with Crippen LogP contribution in [0.5, 0.6) is 0 Å². The third kappa shape index (κ3) is 3.42.